The van der Waals surface area contributed by atoms with Crippen LogP contribution in [0.5, 0.6) is 0 Å². The van der Waals surface area contributed by atoms with Crippen LogP contribution in [0, 0.1) is 5.41 Å². The minimum Gasteiger partial charge on any atom is -0.368 e. The van der Waals surface area contributed by atoms with E-state index in [0.717, 1.165) is 25.7 Å². The number of hydrogen-bond acceptors (Lipinski definition) is 2. The van der Waals surface area contributed by atoms with E-state index in [1.807, 2.05) is 6.92 Å². The highest BCUT2D eigenvalue weighted by Gasteiger charge is 2.34. The van der Waals surface area contributed by atoms with Crippen LogP contribution in [-0.4, -0.2) is 16.5 Å². The van der Waals surface area contributed by atoms with Gasteiger partial charge < -0.3 is 10.2 Å². The fraction of sp³-hybridized carbons (Fsp3) is 1.00. The largest absolute Gasteiger partial charge is 0.368 e. The third kappa shape index (κ3) is 1.25. The van der Waals surface area contributed by atoms with Gasteiger partial charge in [-0.05, 0) is 12.8 Å². The predicted molar refractivity (Wildman–Crippen MR) is 34.8 cm³/mol. The lowest BCUT2D eigenvalue weighted by atomic mass is 9.88. The maximum absolute atomic E-state index is 8.87. The van der Waals surface area contributed by atoms with Gasteiger partial charge in [-0.25, -0.2) is 0 Å². The van der Waals surface area contributed by atoms with Crippen molar-refractivity contribution in [2.24, 2.45) is 5.41 Å². The van der Waals surface area contributed by atoms with E-state index < -0.39 is 6.29 Å². The van der Waals surface area contributed by atoms with E-state index in [1.165, 1.54) is 0 Å². The van der Waals surface area contributed by atoms with Crippen LogP contribution in [0.15, 0.2) is 0 Å². The van der Waals surface area contributed by atoms with Gasteiger partial charge in [0.15, 0.2) is 6.29 Å². The third-order valence-electron chi connectivity index (χ3n) is 2.37. The molecule has 0 radical (unpaired) electrons. The molecular weight excluding hydrogens is 116 g/mol. The lowest BCUT2D eigenvalue weighted by Crippen LogP contribution is -2.28. The molecular formula is C7H14O2. The Bertz CT molecular complexity index is 93.1. The fourth-order valence-electron chi connectivity index (χ4n) is 1.44. The summed E-state index contributed by atoms with van der Waals surface area (Å²) in [5, 5.41) is 17.7. The molecule has 0 unspecified atom stereocenters. The van der Waals surface area contributed by atoms with E-state index in [9.17, 15) is 0 Å². The van der Waals surface area contributed by atoms with Gasteiger partial charge in [-0.2, -0.15) is 0 Å². The topological polar surface area (TPSA) is 40.5 Å². The summed E-state index contributed by atoms with van der Waals surface area (Å²) in [5.74, 6) is 0. The molecule has 0 heterocycles. The van der Waals surface area contributed by atoms with Gasteiger partial charge in [0.25, 0.3) is 0 Å². The van der Waals surface area contributed by atoms with E-state index in [4.69, 9.17) is 10.2 Å². The highest BCUT2D eigenvalue weighted by molar-refractivity contribution is 4.81. The van der Waals surface area contributed by atoms with Crippen molar-refractivity contribution in [1.29, 1.82) is 0 Å². The van der Waals surface area contributed by atoms with Crippen LogP contribution >= 0.6 is 0 Å². The summed E-state index contributed by atoms with van der Waals surface area (Å²) in [4.78, 5) is 0. The van der Waals surface area contributed by atoms with Gasteiger partial charge in [0.1, 0.15) is 0 Å². The smallest absolute Gasteiger partial charge is 0.156 e. The van der Waals surface area contributed by atoms with Crippen molar-refractivity contribution in [2.45, 2.75) is 38.9 Å². The lowest BCUT2D eigenvalue weighted by molar-refractivity contribution is -0.125. The monoisotopic (exact) mass is 130 g/mol. The maximum atomic E-state index is 8.87. The Hall–Kier alpha value is -0.0800. The van der Waals surface area contributed by atoms with Gasteiger partial charge >= 0.3 is 0 Å². The van der Waals surface area contributed by atoms with Crippen LogP contribution in [-0.2, 0) is 0 Å². The molecule has 54 valence electrons. The molecule has 0 spiro atoms. The molecule has 0 saturated heterocycles. The average molecular weight is 130 g/mol. The molecule has 1 fully saturated rings. The van der Waals surface area contributed by atoms with E-state index >= 15 is 0 Å². The molecule has 0 atom stereocenters. The van der Waals surface area contributed by atoms with Crippen LogP contribution < -0.4 is 0 Å². The molecule has 0 aromatic carbocycles. The Labute approximate surface area is 55.5 Å². The lowest BCUT2D eigenvalue weighted by Gasteiger charge is -2.24. The van der Waals surface area contributed by atoms with Gasteiger partial charge in [-0.1, -0.05) is 19.8 Å². The zero-order valence-electron chi connectivity index (χ0n) is 5.80. The van der Waals surface area contributed by atoms with Gasteiger partial charge in [0.2, 0.25) is 0 Å². The van der Waals surface area contributed by atoms with Gasteiger partial charge in [0, 0.05) is 5.41 Å². The van der Waals surface area contributed by atoms with Crippen LogP contribution in [0.25, 0.3) is 0 Å². The zero-order chi connectivity index (χ0) is 6.91. The normalized spacial score (nSPS) is 25.3. The SMILES string of the molecule is CC1(C(O)O)CCCC1. The second kappa shape index (κ2) is 2.27. The van der Waals surface area contributed by atoms with Crippen molar-refractivity contribution < 1.29 is 10.2 Å². The van der Waals surface area contributed by atoms with E-state index in [1.54, 1.807) is 0 Å². The molecule has 2 N–H and O–H groups in total. The fourth-order valence-corrected chi connectivity index (χ4v) is 1.44. The molecule has 0 amide bonds. The van der Waals surface area contributed by atoms with Crippen LogP contribution in [0.4, 0.5) is 0 Å². The molecule has 1 rings (SSSR count). The molecule has 0 aliphatic heterocycles. The minimum atomic E-state index is -1.11. The van der Waals surface area contributed by atoms with Crippen molar-refractivity contribution in [2.75, 3.05) is 0 Å². The summed E-state index contributed by atoms with van der Waals surface area (Å²) >= 11 is 0. The molecule has 0 bridgehead atoms. The Morgan fingerprint density at radius 2 is 1.67 bits per heavy atom. The summed E-state index contributed by atoms with van der Waals surface area (Å²) in [6.45, 7) is 1.94. The Morgan fingerprint density at radius 3 is 1.89 bits per heavy atom. The Morgan fingerprint density at radius 1 is 1.22 bits per heavy atom. The van der Waals surface area contributed by atoms with Crippen molar-refractivity contribution in [1.82, 2.24) is 0 Å². The molecule has 2 nitrogen and oxygen atoms in total. The first-order chi connectivity index (χ1) is 4.15. The maximum Gasteiger partial charge on any atom is 0.156 e. The highest BCUT2D eigenvalue weighted by atomic mass is 16.5. The van der Waals surface area contributed by atoms with Crippen molar-refractivity contribution in [3.8, 4) is 0 Å². The van der Waals surface area contributed by atoms with Crippen molar-refractivity contribution in [3.05, 3.63) is 0 Å². The molecule has 1 aliphatic carbocycles. The first kappa shape index (κ1) is 7.03. The molecule has 2 heteroatoms. The number of rotatable bonds is 1. The van der Waals surface area contributed by atoms with E-state index in [2.05, 4.69) is 0 Å². The summed E-state index contributed by atoms with van der Waals surface area (Å²) < 4.78 is 0. The van der Waals surface area contributed by atoms with Crippen LogP contribution in [0.3, 0.4) is 0 Å². The summed E-state index contributed by atoms with van der Waals surface area (Å²) in [7, 11) is 0. The van der Waals surface area contributed by atoms with Gasteiger partial charge in [0.05, 0.1) is 0 Å². The Balaban J connectivity index is 2.51. The predicted octanol–water partition coefficient (Wildman–Crippen LogP) is 0.877. The third-order valence-corrected chi connectivity index (χ3v) is 2.37. The number of aliphatic hydroxyl groups excluding tert-OH is 1. The van der Waals surface area contributed by atoms with Crippen LogP contribution in [0.1, 0.15) is 32.6 Å². The van der Waals surface area contributed by atoms with Gasteiger partial charge in [-0.15, -0.1) is 0 Å². The summed E-state index contributed by atoms with van der Waals surface area (Å²) in [6.07, 6.45) is 3.11. The summed E-state index contributed by atoms with van der Waals surface area (Å²) in [5.41, 5.74) is -0.194. The summed E-state index contributed by atoms with van der Waals surface area (Å²) in [6, 6.07) is 0. The standard InChI is InChI=1S/C7H14O2/c1-7(6(8)9)4-2-3-5-7/h6,8-9H,2-5H2,1H3. The zero-order valence-corrected chi connectivity index (χ0v) is 5.80. The number of aliphatic hydroxyl groups is 2. The number of hydrogen-bond donors (Lipinski definition) is 2. The molecule has 1 aliphatic rings. The molecule has 0 aromatic rings. The molecule has 9 heavy (non-hydrogen) atoms. The first-order valence-corrected chi connectivity index (χ1v) is 3.51. The van der Waals surface area contributed by atoms with Crippen molar-refractivity contribution in [3.63, 3.8) is 0 Å². The molecule has 1 saturated carbocycles. The van der Waals surface area contributed by atoms with Gasteiger partial charge in [-0.3, -0.25) is 0 Å². The first-order valence-electron chi connectivity index (χ1n) is 3.51. The highest BCUT2D eigenvalue weighted by Crippen LogP contribution is 2.39. The average Bonchev–Trinajstić information content (AvgIpc) is 2.16. The molecule has 0 aromatic heterocycles. The van der Waals surface area contributed by atoms with E-state index in [0.29, 0.717) is 0 Å². The quantitative estimate of drug-likeness (QED) is 0.517. The minimum absolute atomic E-state index is 0.194. The van der Waals surface area contributed by atoms with Crippen molar-refractivity contribution >= 4 is 0 Å². The van der Waals surface area contributed by atoms with E-state index in [-0.39, 0.29) is 5.41 Å². The second-order valence-electron chi connectivity index (χ2n) is 3.23. The Kier molecular flexibility index (Phi) is 1.78. The van der Waals surface area contributed by atoms with Crippen LogP contribution in [0.2, 0.25) is 0 Å². The second-order valence-corrected chi connectivity index (χ2v) is 3.23.